The normalized spacial score (nSPS) is 10.9. The molecule has 0 spiro atoms. The predicted molar refractivity (Wildman–Crippen MR) is 232 cm³/mol. The maximum atomic E-state index is 12.2. The number of nitrogens with two attached hydrogens (primary N) is 1. The van der Waals surface area contributed by atoms with Gasteiger partial charge in [0.15, 0.2) is 21.1 Å². The largest absolute Gasteiger partial charge is 0.508 e. The average Bonchev–Trinajstić information content (AvgIpc) is 3.18. The van der Waals surface area contributed by atoms with Gasteiger partial charge in [-0.15, -0.1) is 0 Å². The Labute approximate surface area is 343 Å². The summed E-state index contributed by atoms with van der Waals surface area (Å²) in [5.74, 6) is -1.74. The van der Waals surface area contributed by atoms with Crippen molar-refractivity contribution in [1.29, 1.82) is 0 Å². The Morgan fingerprint density at radius 2 is 1.17 bits per heavy atom. The molecule has 0 saturated heterocycles. The molecule has 8 rings (SSSR count). The molecular formula is C43H30N4O10S2. The van der Waals surface area contributed by atoms with Crippen LogP contribution in [0.2, 0.25) is 0 Å². The Bertz CT molecular complexity index is 3090. The molecule has 4 aromatic rings. The molecule has 0 bridgehead atoms. The van der Waals surface area contributed by atoms with Crippen LogP contribution in [0.25, 0.3) is 66.8 Å². The van der Waals surface area contributed by atoms with E-state index in [1.54, 1.807) is 61.6 Å². The first-order chi connectivity index (χ1) is 28.2. The van der Waals surface area contributed by atoms with Crippen molar-refractivity contribution < 1.29 is 38.8 Å². The van der Waals surface area contributed by atoms with E-state index in [1.807, 2.05) is 0 Å². The van der Waals surface area contributed by atoms with E-state index in [-0.39, 0.29) is 55.2 Å². The number of rotatable bonds is 6. The maximum absolute atomic E-state index is 12.2. The summed E-state index contributed by atoms with van der Waals surface area (Å²) in [7, 11) is 1.63. The van der Waals surface area contributed by atoms with Crippen molar-refractivity contribution >= 4 is 79.9 Å². The number of carbonyl (C=O) groups is 2. The first kappa shape index (κ1) is 39.4. The Hall–Kier alpha value is -7.82. The highest BCUT2D eigenvalue weighted by molar-refractivity contribution is 7.80. The number of thiocarbonyl (C=S) groups is 2. The Balaban J connectivity index is 0.000000179. The van der Waals surface area contributed by atoms with Crippen molar-refractivity contribution in [2.75, 3.05) is 17.7 Å². The van der Waals surface area contributed by atoms with Crippen molar-refractivity contribution in [2.24, 2.45) is 5.73 Å². The molecule has 2 aliphatic heterocycles. The SMILES string of the molecule is CNC(=S)Nc1cccc(-c2c3ccc(=O)cc-3oc3cc(O)ccc23)c1C(=O)O.NC(=S)Nc1ccc(-c2c3ccc(=O)cc-3oc3cc(O)ccc23)c(C(=O)O)c1. The zero-order valence-electron chi connectivity index (χ0n) is 30.5. The van der Waals surface area contributed by atoms with Gasteiger partial charge in [0, 0.05) is 70.0 Å². The van der Waals surface area contributed by atoms with Gasteiger partial charge in [-0.25, -0.2) is 9.59 Å². The monoisotopic (exact) mass is 826 g/mol. The van der Waals surface area contributed by atoms with E-state index in [0.29, 0.717) is 66.7 Å². The minimum absolute atomic E-state index is 0.0110. The molecule has 4 aliphatic rings. The number of phenolic OH excluding ortho intramolecular Hbond substituents is 2. The summed E-state index contributed by atoms with van der Waals surface area (Å²) in [5, 5.41) is 49.4. The average molecular weight is 827 g/mol. The van der Waals surface area contributed by atoms with Gasteiger partial charge in [-0.3, -0.25) is 9.59 Å². The van der Waals surface area contributed by atoms with Crippen molar-refractivity contribution in [3.05, 3.63) is 141 Å². The fraction of sp³-hybridized carbons (Fsp3) is 0.0233. The minimum atomic E-state index is -1.15. The van der Waals surface area contributed by atoms with Crippen LogP contribution in [0.3, 0.4) is 0 Å². The summed E-state index contributed by atoms with van der Waals surface area (Å²) < 4.78 is 11.6. The molecule has 0 atom stereocenters. The van der Waals surface area contributed by atoms with E-state index in [1.165, 1.54) is 54.6 Å². The molecule has 2 heterocycles. The lowest BCUT2D eigenvalue weighted by atomic mass is 9.90. The third-order valence-electron chi connectivity index (χ3n) is 9.16. The number of aromatic hydroxyl groups is 2. The molecule has 0 fully saturated rings. The molecule has 4 aromatic carbocycles. The third-order valence-corrected chi connectivity index (χ3v) is 9.57. The van der Waals surface area contributed by atoms with Gasteiger partial charge < -0.3 is 50.9 Å². The molecule has 0 radical (unpaired) electrons. The lowest BCUT2D eigenvalue weighted by Crippen LogP contribution is -2.25. The van der Waals surface area contributed by atoms with E-state index in [4.69, 9.17) is 39.0 Å². The van der Waals surface area contributed by atoms with Crippen molar-refractivity contribution in [2.45, 2.75) is 0 Å². The highest BCUT2D eigenvalue weighted by atomic mass is 32.1. The zero-order chi connectivity index (χ0) is 42.1. The van der Waals surface area contributed by atoms with Gasteiger partial charge in [-0.05, 0) is 102 Å². The number of carboxylic acids is 2. The summed E-state index contributed by atoms with van der Waals surface area (Å²) in [6.45, 7) is 0. The standard InChI is InChI=1S/C22H16N2O5S.C21H14N2O5S/c1-23-22(30)24-16-4-2-3-15(20(16)21(27)28)19-13-7-5-11(25)9-17(13)29-18-10-12(26)6-8-14(18)19;22-21(29)23-10-1-4-13(16(7-10)20(26)27)19-14-5-2-11(24)8-17(14)28-18-9-12(25)3-6-15(18)19/h2-10,25H,1H3,(H,27,28)(H2,23,24,30);1-9,24H,(H,26,27)(H3,22,23,29). The van der Waals surface area contributed by atoms with Gasteiger partial charge in [0.2, 0.25) is 0 Å². The van der Waals surface area contributed by atoms with Gasteiger partial charge in [0.05, 0.1) is 16.8 Å². The first-order valence-electron chi connectivity index (χ1n) is 17.4. The number of fused-ring (bicyclic) bond motifs is 4. The van der Waals surface area contributed by atoms with E-state index < -0.39 is 11.9 Å². The van der Waals surface area contributed by atoms with Crippen LogP contribution in [0.4, 0.5) is 11.4 Å². The molecule has 16 heteroatoms. The molecule has 59 heavy (non-hydrogen) atoms. The number of phenols is 2. The number of hydrogen-bond donors (Lipinski definition) is 8. The highest BCUT2D eigenvalue weighted by Crippen LogP contribution is 2.44. The summed E-state index contributed by atoms with van der Waals surface area (Å²) in [5.41, 5.74) is 9.54. The van der Waals surface area contributed by atoms with Gasteiger partial charge in [0.25, 0.3) is 0 Å². The van der Waals surface area contributed by atoms with Crippen LogP contribution in [0.15, 0.2) is 128 Å². The van der Waals surface area contributed by atoms with E-state index in [9.17, 15) is 39.6 Å². The quantitative estimate of drug-likeness (QED) is 0.0598. The second-order valence-corrected chi connectivity index (χ2v) is 13.8. The molecule has 294 valence electrons. The van der Waals surface area contributed by atoms with Crippen LogP contribution in [-0.4, -0.2) is 49.6 Å². The molecule has 14 nitrogen and oxygen atoms in total. The lowest BCUT2D eigenvalue weighted by molar-refractivity contribution is 0.0687. The van der Waals surface area contributed by atoms with Crippen molar-refractivity contribution in [3.8, 4) is 56.4 Å². The summed E-state index contributed by atoms with van der Waals surface area (Å²) in [6, 6.07) is 27.5. The molecule has 0 aromatic heterocycles. The number of carboxylic acid groups (broad SMARTS) is 2. The molecule has 2 aliphatic carbocycles. The lowest BCUT2D eigenvalue weighted by Gasteiger charge is -2.19. The molecular weight excluding hydrogens is 797 g/mol. The molecule has 0 unspecified atom stereocenters. The maximum Gasteiger partial charge on any atom is 0.338 e. The summed E-state index contributed by atoms with van der Waals surface area (Å²) in [4.78, 5) is 48.0. The third kappa shape index (κ3) is 7.93. The highest BCUT2D eigenvalue weighted by Gasteiger charge is 2.25. The number of anilines is 2. The van der Waals surface area contributed by atoms with E-state index >= 15 is 0 Å². The second-order valence-electron chi connectivity index (χ2n) is 12.9. The van der Waals surface area contributed by atoms with E-state index in [2.05, 4.69) is 16.0 Å². The zero-order valence-corrected chi connectivity index (χ0v) is 32.2. The fourth-order valence-corrected chi connectivity index (χ4v) is 6.97. The van der Waals surface area contributed by atoms with Crippen LogP contribution < -0.4 is 32.5 Å². The minimum Gasteiger partial charge on any atom is -0.508 e. The molecule has 0 saturated carbocycles. The molecule has 0 amide bonds. The first-order valence-corrected chi connectivity index (χ1v) is 18.2. The number of hydrogen-bond acceptors (Lipinski definition) is 10. The van der Waals surface area contributed by atoms with Crippen LogP contribution in [0.5, 0.6) is 11.5 Å². The van der Waals surface area contributed by atoms with Crippen LogP contribution in [0, 0.1) is 0 Å². The Kier molecular flexibility index (Phi) is 10.7. The number of benzene rings is 6. The number of aromatic carboxylic acids is 2. The van der Waals surface area contributed by atoms with Gasteiger partial charge in [0.1, 0.15) is 34.2 Å². The van der Waals surface area contributed by atoms with Crippen LogP contribution >= 0.6 is 24.4 Å². The van der Waals surface area contributed by atoms with E-state index in [0.717, 1.165) is 0 Å². The fourth-order valence-electron chi connectivity index (χ4n) is 6.74. The summed E-state index contributed by atoms with van der Waals surface area (Å²) in [6.07, 6.45) is 0. The topological polar surface area (TPSA) is 238 Å². The predicted octanol–water partition coefficient (Wildman–Crippen LogP) is 7.51. The van der Waals surface area contributed by atoms with Gasteiger partial charge in [-0.1, -0.05) is 18.2 Å². The smallest absolute Gasteiger partial charge is 0.338 e. The second kappa shape index (κ2) is 16.0. The van der Waals surface area contributed by atoms with Crippen LogP contribution in [-0.2, 0) is 0 Å². The van der Waals surface area contributed by atoms with Gasteiger partial charge >= 0.3 is 11.9 Å². The molecule has 9 N–H and O–H groups in total. The Morgan fingerprint density at radius 3 is 1.68 bits per heavy atom. The van der Waals surface area contributed by atoms with Crippen molar-refractivity contribution in [1.82, 2.24) is 5.32 Å². The Morgan fingerprint density at radius 1 is 0.627 bits per heavy atom. The number of nitrogens with one attached hydrogen (secondary N) is 3. The summed E-state index contributed by atoms with van der Waals surface area (Å²) >= 11 is 9.95. The van der Waals surface area contributed by atoms with Gasteiger partial charge in [-0.2, -0.15) is 0 Å². The van der Waals surface area contributed by atoms with Crippen LogP contribution in [0.1, 0.15) is 20.7 Å². The van der Waals surface area contributed by atoms with Crippen molar-refractivity contribution in [3.63, 3.8) is 0 Å².